The molecule has 0 fully saturated rings. The Morgan fingerprint density at radius 1 is 1.29 bits per heavy atom. The van der Waals surface area contributed by atoms with Gasteiger partial charge in [0.15, 0.2) is 11.5 Å². The maximum atomic E-state index is 12.2. The number of benzene rings is 1. The molecule has 0 saturated carbocycles. The molecule has 1 atom stereocenters. The Kier molecular flexibility index (Phi) is 3.92. The van der Waals surface area contributed by atoms with Crippen LogP contribution in [-0.2, 0) is 16.0 Å². The van der Waals surface area contributed by atoms with Crippen LogP contribution in [0.5, 0.6) is 11.5 Å². The Hall–Kier alpha value is -2.45. The van der Waals surface area contributed by atoms with E-state index in [4.69, 9.17) is 14.6 Å². The lowest BCUT2D eigenvalue weighted by atomic mass is 10.1. The highest BCUT2D eigenvalue weighted by Crippen LogP contribution is 2.32. The Morgan fingerprint density at radius 2 is 1.95 bits per heavy atom. The molecular formula is C12H10F3NO5. The number of rotatable bonds is 4. The summed E-state index contributed by atoms with van der Waals surface area (Å²) >= 11 is 0. The van der Waals surface area contributed by atoms with Crippen molar-refractivity contribution in [1.29, 1.82) is 0 Å². The normalized spacial score (nSPS) is 14.6. The van der Waals surface area contributed by atoms with Crippen molar-refractivity contribution in [2.45, 2.75) is 18.6 Å². The first-order valence-corrected chi connectivity index (χ1v) is 5.76. The topological polar surface area (TPSA) is 84.9 Å². The molecule has 21 heavy (non-hydrogen) atoms. The fourth-order valence-corrected chi connectivity index (χ4v) is 1.74. The van der Waals surface area contributed by atoms with Gasteiger partial charge in [0, 0.05) is 6.42 Å². The lowest BCUT2D eigenvalue weighted by molar-refractivity contribution is -0.175. The largest absolute Gasteiger partial charge is 0.480 e. The van der Waals surface area contributed by atoms with Gasteiger partial charge >= 0.3 is 18.1 Å². The number of aliphatic carboxylic acids is 1. The van der Waals surface area contributed by atoms with E-state index in [9.17, 15) is 22.8 Å². The standard InChI is InChI=1S/C12H10F3NO5/c13-12(14,15)11(19)16-7(10(17)18)3-6-1-2-8-9(4-6)21-5-20-8/h1-2,4,7H,3,5H2,(H,16,19)(H,17,18). The molecule has 6 nitrogen and oxygen atoms in total. The molecule has 1 heterocycles. The molecule has 0 radical (unpaired) electrons. The zero-order valence-electron chi connectivity index (χ0n) is 10.4. The van der Waals surface area contributed by atoms with Crippen LogP contribution in [0.1, 0.15) is 5.56 Å². The van der Waals surface area contributed by atoms with Crippen LogP contribution in [0, 0.1) is 0 Å². The van der Waals surface area contributed by atoms with Gasteiger partial charge in [0.25, 0.3) is 0 Å². The molecule has 1 unspecified atom stereocenters. The maximum absolute atomic E-state index is 12.2. The minimum Gasteiger partial charge on any atom is -0.480 e. The van der Waals surface area contributed by atoms with E-state index in [-0.39, 0.29) is 13.2 Å². The lowest BCUT2D eigenvalue weighted by Gasteiger charge is -2.16. The Labute approximate surface area is 116 Å². The summed E-state index contributed by atoms with van der Waals surface area (Å²) in [5.74, 6) is -3.02. The number of carbonyl (C=O) groups is 2. The number of alkyl halides is 3. The summed E-state index contributed by atoms with van der Waals surface area (Å²) in [5.41, 5.74) is 0.397. The first-order valence-electron chi connectivity index (χ1n) is 5.76. The van der Waals surface area contributed by atoms with E-state index >= 15 is 0 Å². The van der Waals surface area contributed by atoms with Crippen molar-refractivity contribution in [2.24, 2.45) is 0 Å². The van der Waals surface area contributed by atoms with Crippen LogP contribution in [0.25, 0.3) is 0 Å². The van der Waals surface area contributed by atoms with Gasteiger partial charge in [-0.3, -0.25) is 4.79 Å². The summed E-state index contributed by atoms with van der Waals surface area (Å²) in [6, 6.07) is 2.77. The minimum absolute atomic E-state index is 0.0198. The third kappa shape index (κ3) is 3.56. The maximum Gasteiger partial charge on any atom is 0.471 e. The van der Waals surface area contributed by atoms with Gasteiger partial charge in [0.1, 0.15) is 6.04 Å². The number of halogens is 3. The second-order valence-corrected chi connectivity index (χ2v) is 4.25. The highest BCUT2D eigenvalue weighted by atomic mass is 19.4. The fourth-order valence-electron chi connectivity index (χ4n) is 1.74. The number of fused-ring (bicyclic) bond motifs is 1. The number of amides is 1. The van der Waals surface area contributed by atoms with E-state index in [0.29, 0.717) is 17.1 Å². The average Bonchev–Trinajstić information content (AvgIpc) is 2.83. The summed E-state index contributed by atoms with van der Waals surface area (Å²) in [6.07, 6.45) is -5.45. The number of ether oxygens (including phenoxy) is 2. The highest BCUT2D eigenvalue weighted by molar-refractivity contribution is 5.87. The highest BCUT2D eigenvalue weighted by Gasteiger charge is 2.40. The van der Waals surface area contributed by atoms with E-state index in [1.54, 1.807) is 0 Å². The van der Waals surface area contributed by atoms with Crippen molar-refractivity contribution in [2.75, 3.05) is 6.79 Å². The van der Waals surface area contributed by atoms with E-state index in [1.807, 2.05) is 0 Å². The quantitative estimate of drug-likeness (QED) is 0.870. The Morgan fingerprint density at radius 3 is 2.57 bits per heavy atom. The van der Waals surface area contributed by atoms with Crippen molar-refractivity contribution in [3.63, 3.8) is 0 Å². The van der Waals surface area contributed by atoms with Crippen LogP contribution >= 0.6 is 0 Å². The Bertz CT molecular complexity index is 573. The molecule has 1 amide bonds. The number of nitrogens with one attached hydrogen (secondary N) is 1. The van der Waals surface area contributed by atoms with Gasteiger partial charge in [0.05, 0.1) is 0 Å². The molecule has 114 valence electrons. The number of carboxylic acids is 1. The molecule has 0 aromatic heterocycles. The van der Waals surface area contributed by atoms with Gasteiger partial charge in [-0.1, -0.05) is 6.07 Å². The first-order chi connectivity index (χ1) is 9.77. The van der Waals surface area contributed by atoms with Crippen LogP contribution in [-0.4, -0.2) is 36.0 Å². The van der Waals surface area contributed by atoms with E-state index in [2.05, 4.69) is 0 Å². The van der Waals surface area contributed by atoms with Crippen LogP contribution in [0.15, 0.2) is 18.2 Å². The summed E-state index contributed by atoms with van der Waals surface area (Å²) in [4.78, 5) is 21.8. The smallest absolute Gasteiger partial charge is 0.471 e. The van der Waals surface area contributed by atoms with Crippen molar-refractivity contribution in [3.8, 4) is 11.5 Å². The van der Waals surface area contributed by atoms with Crippen LogP contribution in [0.2, 0.25) is 0 Å². The van der Waals surface area contributed by atoms with Crippen LogP contribution in [0.3, 0.4) is 0 Å². The predicted octanol–water partition coefficient (Wildman–Crippen LogP) is 1.09. The molecule has 9 heteroatoms. The third-order valence-electron chi connectivity index (χ3n) is 2.74. The number of hydrogen-bond acceptors (Lipinski definition) is 4. The predicted molar refractivity (Wildman–Crippen MR) is 61.9 cm³/mol. The summed E-state index contributed by atoms with van der Waals surface area (Å²) in [5, 5.41) is 10.3. The lowest BCUT2D eigenvalue weighted by Crippen LogP contribution is -2.47. The summed E-state index contributed by atoms with van der Waals surface area (Å²) in [7, 11) is 0. The molecule has 1 aromatic rings. The fraction of sp³-hybridized carbons (Fsp3) is 0.333. The van der Waals surface area contributed by atoms with Gasteiger partial charge in [-0.2, -0.15) is 13.2 Å². The molecule has 0 bridgehead atoms. The monoisotopic (exact) mass is 305 g/mol. The van der Waals surface area contributed by atoms with Crippen molar-refractivity contribution in [1.82, 2.24) is 5.32 Å². The molecule has 1 aliphatic rings. The second kappa shape index (κ2) is 5.51. The summed E-state index contributed by atoms with van der Waals surface area (Å²) in [6.45, 7) is 0.0198. The van der Waals surface area contributed by atoms with Gasteiger partial charge in [-0.25, -0.2) is 4.79 Å². The SMILES string of the molecule is O=C(O)C(Cc1ccc2c(c1)OCO2)NC(=O)C(F)(F)F. The van der Waals surface area contributed by atoms with Gasteiger partial charge in [0.2, 0.25) is 6.79 Å². The number of carbonyl (C=O) groups excluding carboxylic acids is 1. The molecule has 2 N–H and O–H groups in total. The number of hydrogen-bond donors (Lipinski definition) is 2. The van der Waals surface area contributed by atoms with Gasteiger partial charge in [-0.05, 0) is 17.7 Å². The van der Waals surface area contributed by atoms with Crippen molar-refractivity contribution < 1.29 is 37.3 Å². The van der Waals surface area contributed by atoms with E-state index < -0.39 is 24.1 Å². The Balaban J connectivity index is 2.10. The first kappa shape index (κ1) is 14.9. The van der Waals surface area contributed by atoms with Crippen LogP contribution in [0.4, 0.5) is 13.2 Å². The van der Waals surface area contributed by atoms with Gasteiger partial charge < -0.3 is 19.9 Å². The van der Waals surface area contributed by atoms with E-state index in [0.717, 1.165) is 0 Å². The minimum atomic E-state index is -5.14. The zero-order chi connectivity index (χ0) is 15.6. The average molecular weight is 305 g/mol. The van der Waals surface area contributed by atoms with Crippen molar-refractivity contribution in [3.05, 3.63) is 23.8 Å². The third-order valence-corrected chi connectivity index (χ3v) is 2.74. The molecule has 0 saturated heterocycles. The molecule has 1 aromatic carbocycles. The number of carboxylic acid groups (broad SMARTS) is 1. The van der Waals surface area contributed by atoms with E-state index in [1.165, 1.54) is 23.5 Å². The molecule has 0 spiro atoms. The second-order valence-electron chi connectivity index (χ2n) is 4.25. The molecule has 0 aliphatic carbocycles. The zero-order valence-corrected chi connectivity index (χ0v) is 10.4. The van der Waals surface area contributed by atoms with Gasteiger partial charge in [-0.15, -0.1) is 0 Å². The molecular weight excluding hydrogens is 295 g/mol. The van der Waals surface area contributed by atoms with Crippen molar-refractivity contribution >= 4 is 11.9 Å². The molecule has 1 aliphatic heterocycles. The molecule has 2 rings (SSSR count). The summed E-state index contributed by atoms with van der Waals surface area (Å²) < 4.78 is 46.6. The van der Waals surface area contributed by atoms with Crippen LogP contribution < -0.4 is 14.8 Å².